The normalized spacial score (nSPS) is 16.1. The van der Waals surface area contributed by atoms with Crippen molar-refractivity contribution in [3.63, 3.8) is 0 Å². The molecule has 4 heteroatoms. The predicted molar refractivity (Wildman–Crippen MR) is 35.8 cm³/mol. The summed E-state index contributed by atoms with van der Waals surface area (Å²) in [6.07, 6.45) is 0.228. The summed E-state index contributed by atoms with van der Waals surface area (Å²) in [5, 5.41) is 16.6. The lowest BCUT2D eigenvalue weighted by Gasteiger charge is -2.00. The predicted octanol–water partition coefficient (Wildman–Crippen LogP) is 0.798. The highest BCUT2D eigenvalue weighted by Crippen LogP contribution is 2.27. The molecule has 0 aromatic rings. The molecule has 1 N–H and O–H groups in total. The molecule has 2 atom stereocenters. The Morgan fingerprint density at radius 2 is 2.44 bits per heavy atom. The highest BCUT2D eigenvalue weighted by Gasteiger charge is 2.10. The molecular formula is C5H10NO2P. The molecule has 0 radical (unpaired) electrons. The van der Waals surface area contributed by atoms with Crippen LogP contribution in [0.2, 0.25) is 0 Å². The molecule has 0 bridgehead atoms. The van der Waals surface area contributed by atoms with Crippen molar-refractivity contribution in [2.75, 3.05) is 6.35 Å². The van der Waals surface area contributed by atoms with Crippen LogP contribution in [0.5, 0.6) is 0 Å². The Kier molecular flexibility index (Phi) is 4.39. The van der Waals surface area contributed by atoms with E-state index in [1.165, 1.54) is 0 Å². The third kappa shape index (κ3) is 2.64. The van der Waals surface area contributed by atoms with Gasteiger partial charge in [0, 0.05) is 0 Å². The Labute approximate surface area is 55.1 Å². The second-order valence-corrected chi connectivity index (χ2v) is 3.66. The van der Waals surface area contributed by atoms with Gasteiger partial charge in [-0.3, -0.25) is 0 Å². The van der Waals surface area contributed by atoms with Crippen molar-refractivity contribution in [1.29, 1.82) is 5.26 Å². The molecule has 0 spiro atoms. The molecule has 2 unspecified atom stereocenters. The third-order valence-electron chi connectivity index (χ3n) is 1.11. The molecule has 3 nitrogen and oxygen atoms in total. The molecule has 0 aliphatic rings. The Hall–Kier alpha value is -0.320. The van der Waals surface area contributed by atoms with E-state index in [2.05, 4.69) is 0 Å². The molecule has 0 aliphatic heterocycles. The molecule has 0 aromatic heterocycles. The van der Waals surface area contributed by atoms with Crippen molar-refractivity contribution in [1.82, 2.24) is 0 Å². The van der Waals surface area contributed by atoms with Crippen molar-refractivity contribution in [3.8, 4) is 6.07 Å². The summed E-state index contributed by atoms with van der Waals surface area (Å²) in [7, 11) is -2.02. The number of rotatable bonds is 3. The zero-order valence-electron chi connectivity index (χ0n) is 5.29. The maximum absolute atomic E-state index is 10.7. The van der Waals surface area contributed by atoms with Crippen molar-refractivity contribution in [2.45, 2.75) is 19.0 Å². The van der Waals surface area contributed by atoms with Gasteiger partial charge in [-0.05, 0) is 6.42 Å². The van der Waals surface area contributed by atoms with Gasteiger partial charge >= 0.3 is 0 Å². The Balaban J connectivity index is 3.84. The zero-order chi connectivity index (χ0) is 7.28. The zero-order valence-corrected chi connectivity index (χ0v) is 6.29. The molecular weight excluding hydrogens is 137 g/mol. The van der Waals surface area contributed by atoms with Gasteiger partial charge in [-0.25, -0.2) is 0 Å². The summed E-state index contributed by atoms with van der Waals surface area (Å²) in [5.74, 6) is 0. The molecule has 0 fully saturated rings. The van der Waals surface area contributed by atoms with Crippen molar-refractivity contribution < 1.29 is 9.67 Å². The lowest BCUT2D eigenvalue weighted by molar-refractivity contribution is 0.361. The molecule has 0 aromatic carbocycles. The van der Waals surface area contributed by atoms with Crippen molar-refractivity contribution in [3.05, 3.63) is 0 Å². The van der Waals surface area contributed by atoms with E-state index in [1.807, 2.05) is 6.07 Å². The van der Waals surface area contributed by atoms with Crippen LogP contribution in [0.4, 0.5) is 0 Å². The van der Waals surface area contributed by atoms with Crippen LogP contribution in [0.15, 0.2) is 0 Å². The summed E-state index contributed by atoms with van der Waals surface area (Å²) < 4.78 is 10.7. The summed E-state index contributed by atoms with van der Waals surface area (Å²) in [5.41, 5.74) is -0.431. The van der Waals surface area contributed by atoms with Crippen LogP contribution in [-0.4, -0.2) is 17.1 Å². The van der Waals surface area contributed by atoms with E-state index >= 15 is 0 Å². The largest absolute Gasteiger partial charge is 0.389 e. The molecule has 0 heterocycles. The number of aliphatic hydroxyl groups excluding tert-OH is 1. The van der Waals surface area contributed by atoms with E-state index in [4.69, 9.17) is 10.4 Å². The van der Waals surface area contributed by atoms with Gasteiger partial charge in [-0.15, -0.1) is 0 Å². The van der Waals surface area contributed by atoms with Gasteiger partial charge in [0.1, 0.15) is 7.80 Å². The van der Waals surface area contributed by atoms with Gasteiger partial charge in [0.05, 0.1) is 18.1 Å². The Morgan fingerprint density at radius 1 is 1.89 bits per heavy atom. The minimum atomic E-state index is -2.02. The molecule has 0 saturated heterocycles. The van der Waals surface area contributed by atoms with Gasteiger partial charge in [-0.2, -0.15) is 5.26 Å². The Morgan fingerprint density at radius 3 is 2.56 bits per heavy atom. The highest BCUT2D eigenvalue weighted by atomic mass is 31.1. The molecule has 0 aliphatic carbocycles. The van der Waals surface area contributed by atoms with Crippen molar-refractivity contribution >= 4 is 7.80 Å². The lowest BCUT2D eigenvalue weighted by atomic mass is 10.4. The number of nitriles is 1. The molecule has 9 heavy (non-hydrogen) atoms. The standard InChI is InChI=1S/C5H10NO2P/c1-2-5(3-6)9(8)4-7/h5,7,9H,2,4H2,1H3. The average Bonchev–Trinajstić information content (AvgIpc) is 1.90. The fraction of sp³-hybridized carbons (Fsp3) is 0.800. The molecule has 0 amide bonds. The van der Waals surface area contributed by atoms with Crippen LogP contribution in [0.25, 0.3) is 0 Å². The quantitative estimate of drug-likeness (QED) is 0.600. The van der Waals surface area contributed by atoms with E-state index in [9.17, 15) is 4.57 Å². The van der Waals surface area contributed by atoms with Crippen LogP contribution in [0.1, 0.15) is 13.3 Å². The molecule has 52 valence electrons. The van der Waals surface area contributed by atoms with E-state index in [1.54, 1.807) is 6.92 Å². The second-order valence-electron chi connectivity index (χ2n) is 1.71. The first kappa shape index (κ1) is 8.68. The first-order valence-electron chi connectivity index (χ1n) is 2.79. The van der Waals surface area contributed by atoms with Crippen LogP contribution >= 0.6 is 7.80 Å². The fourth-order valence-corrected chi connectivity index (χ4v) is 1.32. The van der Waals surface area contributed by atoms with Gasteiger partial charge in [0.15, 0.2) is 0 Å². The van der Waals surface area contributed by atoms with E-state index < -0.39 is 13.5 Å². The molecule has 0 saturated carbocycles. The minimum absolute atomic E-state index is 0.337. The number of hydrogen-bond donors (Lipinski definition) is 1. The molecule has 0 rings (SSSR count). The van der Waals surface area contributed by atoms with E-state index in [0.717, 1.165) is 0 Å². The van der Waals surface area contributed by atoms with Gasteiger partial charge in [0.25, 0.3) is 0 Å². The maximum atomic E-state index is 10.7. The fourth-order valence-electron chi connectivity index (χ4n) is 0.501. The summed E-state index contributed by atoms with van der Waals surface area (Å²) >= 11 is 0. The van der Waals surface area contributed by atoms with Crippen LogP contribution in [-0.2, 0) is 4.57 Å². The SMILES string of the molecule is CCC(C#N)[PH](=O)CO. The summed E-state index contributed by atoms with van der Waals surface area (Å²) in [6, 6.07) is 1.88. The van der Waals surface area contributed by atoms with E-state index in [-0.39, 0.29) is 6.35 Å². The smallest absolute Gasteiger partial charge is 0.117 e. The van der Waals surface area contributed by atoms with Crippen LogP contribution in [0.3, 0.4) is 0 Å². The highest BCUT2D eigenvalue weighted by molar-refractivity contribution is 7.45. The van der Waals surface area contributed by atoms with Crippen LogP contribution < -0.4 is 0 Å². The van der Waals surface area contributed by atoms with Gasteiger partial charge < -0.3 is 9.67 Å². The monoisotopic (exact) mass is 147 g/mol. The Bertz CT molecular complexity index is 140. The topological polar surface area (TPSA) is 61.1 Å². The van der Waals surface area contributed by atoms with Crippen molar-refractivity contribution in [2.24, 2.45) is 0 Å². The summed E-state index contributed by atoms with van der Waals surface area (Å²) in [4.78, 5) is 0. The summed E-state index contributed by atoms with van der Waals surface area (Å²) in [6.45, 7) is 1.78. The number of aliphatic hydroxyl groups is 1. The third-order valence-corrected chi connectivity index (χ3v) is 2.73. The number of nitrogens with zero attached hydrogens (tertiary/aromatic N) is 1. The van der Waals surface area contributed by atoms with Gasteiger partial charge in [-0.1, -0.05) is 6.92 Å². The minimum Gasteiger partial charge on any atom is -0.389 e. The first-order chi connectivity index (χ1) is 4.26. The number of hydrogen-bond acceptors (Lipinski definition) is 3. The maximum Gasteiger partial charge on any atom is 0.117 e. The average molecular weight is 147 g/mol. The van der Waals surface area contributed by atoms with Gasteiger partial charge in [0.2, 0.25) is 0 Å². The first-order valence-corrected chi connectivity index (χ1v) is 4.48. The van der Waals surface area contributed by atoms with Crippen LogP contribution in [0, 0.1) is 11.3 Å². The lowest BCUT2D eigenvalue weighted by Crippen LogP contribution is -1.96. The second kappa shape index (κ2) is 4.55. The van der Waals surface area contributed by atoms with E-state index in [0.29, 0.717) is 6.42 Å².